The lowest BCUT2D eigenvalue weighted by atomic mass is 9.99. The molecule has 0 atom stereocenters. The molecule has 0 aliphatic heterocycles. The average Bonchev–Trinajstić information content (AvgIpc) is 3.53. The summed E-state index contributed by atoms with van der Waals surface area (Å²) >= 11 is 1.23. The van der Waals surface area contributed by atoms with Crippen LogP contribution in [-0.2, 0) is 6.54 Å². The highest BCUT2D eigenvalue weighted by molar-refractivity contribution is 7.15. The first-order valence-corrected chi connectivity index (χ1v) is 11.5. The van der Waals surface area contributed by atoms with E-state index in [9.17, 15) is 14.4 Å². The topological polar surface area (TPSA) is 158 Å². The number of carbonyl (C=O) groups excluding carboxylic acids is 2. The smallest absolute Gasteiger partial charge is 0.356 e. The molecule has 0 fully saturated rings. The molecule has 2 aromatic heterocycles. The number of rotatable bonds is 9. The Hall–Kier alpha value is -4.71. The number of aromatic carboxylic acids is 1. The van der Waals surface area contributed by atoms with Crippen molar-refractivity contribution in [1.82, 2.24) is 15.0 Å². The molecule has 2 heterocycles. The molecule has 2 aromatic carbocycles. The van der Waals surface area contributed by atoms with E-state index in [0.29, 0.717) is 40.2 Å². The SMILES string of the molecule is COc1ccccc1C(=O)c1cc(C)ccc1NC(=O)Nc1ncc(CNc2nc(C(=O)O)c[nH]2)s1. The van der Waals surface area contributed by atoms with E-state index in [1.807, 2.05) is 6.92 Å². The lowest BCUT2D eigenvalue weighted by Gasteiger charge is -2.13. The van der Waals surface area contributed by atoms with Gasteiger partial charge in [-0.05, 0) is 31.2 Å². The third-order valence-electron chi connectivity index (χ3n) is 5.02. The van der Waals surface area contributed by atoms with Gasteiger partial charge in [0, 0.05) is 22.8 Å². The number of methoxy groups -OCH3 is 1. The van der Waals surface area contributed by atoms with Crippen molar-refractivity contribution in [3.05, 3.63) is 82.1 Å². The van der Waals surface area contributed by atoms with Crippen LogP contribution in [0.2, 0.25) is 0 Å². The Kier molecular flexibility index (Phi) is 7.25. The van der Waals surface area contributed by atoms with Crippen LogP contribution in [0.3, 0.4) is 0 Å². The molecule has 11 nitrogen and oxygen atoms in total. The number of aromatic amines is 1. The molecule has 0 bridgehead atoms. The van der Waals surface area contributed by atoms with Crippen LogP contribution in [0.4, 0.5) is 21.6 Å². The molecule has 0 saturated heterocycles. The van der Waals surface area contributed by atoms with Crippen LogP contribution in [0.25, 0.3) is 0 Å². The Morgan fingerprint density at radius 2 is 1.92 bits per heavy atom. The van der Waals surface area contributed by atoms with E-state index in [1.165, 1.54) is 24.6 Å². The van der Waals surface area contributed by atoms with E-state index in [1.54, 1.807) is 48.7 Å². The molecule has 4 rings (SSSR count). The van der Waals surface area contributed by atoms with E-state index < -0.39 is 12.0 Å². The highest BCUT2D eigenvalue weighted by Gasteiger charge is 2.19. The molecule has 0 aliphatic carbocycles. The van der Waals surface area contributed by atoms with Crippen molar-refractivity contribution in [3.63, 3.8) is 0 Å². The third kappa shape index (κ3) is 5.67. The van der Waals surface area contributed by atoms with E-state index >= 15 is 0 Å². The number of hydrogen-bond donors (Lipinski definition) is 5. The van der Waals surface area contributed by atoms with Gasteiger partial charge in [-0.1, -0.05) is 35.1 Å². The predicted molar refractivity (Wildman–Crippen MR) is 135 cm³/mol. The first kappa shape index (κ1) is 24.4. The summed E-state index contributed by atoms with van der Waals surface area (Å²) in [5, 5.41) is 17.6. The molecule has 184 valence electrons. The van der Waals surface area contributed by atoms with Gasteiger partial charge in [0.05, 0.1) is 24.9 Å². The van der Waals surface area contributed by atoms with Gasteiger partial charge in [0.15, 0.2) is 16.6 Å². The van der Waals surface area contributed by atoms with Crippen LogP contribution >= 0.6 is 11.3 Å². The molecule has 36 heavy (non-hydrogen) atoms. The Bertz CT molecular complexity index is 1430. The van der Waals surface area contributed by atoms with Gasteiger partial charge in [0.25, 0.3) is 0 Å². The monoisotopic (exact) mass is 506 g/mol. The van der Waals surface area contributed by atoms with Gasteiger partial charge in [-0.25, -0.2) is 19.6 Å². The number of amides is 2. The summed E-state index contributed by atoms with van der Waals surface area (Å²) in [6.45, 7) is 2.18. The minimum atomic E-state index is -1.13. The maximum atomic E-state index is 13.3. The zero-order valence-electron chi connectivity index (χ0n) is 19.3. The van der Waals surface area contributed by atoms with Crippen molar-refractivity contribution in [2.45, 2.75) is 13.5 Å². The van der Waals surface area contributed by atoms with Crippen molar-refractivity contribution >= 4 is 45.9 Å². The van der Waals surface area contributed by atoms with Crippen LogP contribution < -0.4 is 20.7 Å². The number of thiazole rings is 1. The number of H-pyrrole nitrogens is 1. The third-order valence-corrected chi connectivity index (χ3v) is 5.93. The summed E-state index contributed by atoms with van der Waals surface area (Å²) in [7, 11) is 1.49. The molecular formula is C24H22N6O5S. The Morgan fingerprint density at radius 1 is 1.11 bits per heavy atom. The second-order valence-corrected chi connectivity index (χ2v) is 8.70. The number of carbonyl (C=O) groups is 3. The predicted octanol–water partition coefficient (Wildman–Crippen LogP) is 4.37. The lowest BCUT2D eigenvalue weighted by molar-refractivity contribution is 0.0691. The van der Waals surface area contributed by atoms with Crippen LogP contribution in [0.15, 0.2) is 54.9 Å². The quantitative estimate of drug-likeness (QED) is 0.209. The zero-order chi connectivity index (χ0) is 25.7. The van der Waals surface area contributed by atoms with E-state index in [2.05, 4.69) is 30.9 Å². The number of ketones is 1. The fraction of sp³-hybridized carbons (Fsp3) is 0.125. The number of hydrogen-bond acceptors (Lipinski definition) is 8. The van der Waals surface area contributed by atoms with Gasteiger partial charge >= 0.3 is 12.0 Å². The van der Waals surface area contributed by atoms with Gasteiger partial charge in [-0.2, -0.15) is 0 Å². The number of carboxylic acids is 1. The molecule has 4 aromatic rings. The number of carboxylic acid groups (broad SMARTS) is 1. The Morgan fingerprint density at radius 3 is 2.67 bits per heavy atom. The molecule has 2 amide bonds. The fourth-order valence-corrected chi connectivity index (χ4v) is 4.07. The van der Waals surface area contributed by atoms with Crippen LogP contribution in [-0.4, -0.2) is 45.0 Å². The summed E-state index contributed by atoms with van der Waals surface area (Å²) in [4.78, 5) is 48.4. The number of benzene rings is 2. The van der Waals surface area contributed by atoms with Crippen LogP contribution in [0.5, 0.6) is 5.75 Å². The number of nitrogens with one attached hydrogen (secondary N) is 4. The lowest BCUT2D eigenvalue weighted by Crippen LogP contribution is -2.21. The van der Waals surface area contributed by atoms with Crippen molar-refractivity contribution in [2.24, 2.45) is 0 Å². The normalized spacial score (nSPS) is 10.5. The van der Waals surface area contributed by atoms with E-state index in [-0.39, 0.29) is 11.5 Å². The number of aryl methyl sites for hydroxylation is 1. The minimum Gasteiger partial charge on any atom is -0.496 e. The molecule has 12 heteroatoms. The highest BCUT2D eigenvalue weighted by atomic mass is 32.1. The number of para-hydroxylation sites is 1. The minimum absolute atomic E-state index is 0.0968. The molecule has 0 aliphatic rings. The largest absolute Gasteiger partial charge is 0.496 e. The van der Waals surface area contributed by atoms with Gasteiger partial charge in [0.2, 0.25) is 5.95 Å². The van der Waals surface area contributed by atoms with Crippen molar-refractivity contribution in [1.29, 1.82) is 0 Å². The maximum Gasteiger partial charge on any atom is 0.356 e. The zero-order valence-corrected chi connectivity index (χ0v) is 20.1. The van der Waals surface area contributed by atoms with E-state index in [4.69, 9.17) is 9.84 Å². The number of nitrogens with zero attached hydrogens (tertiary/aromatic N) is 2. The summed E-state index contributed by atoms with van der Waals surface area (Å²) in [5.41, 5.74) is 1.83. The van der Waals surface area contributed by atoms with Crippen LogP contribution in [0.1, 0.15) is 36.9 Å². The second kappa shape index (κ2) is 10.7. The fourth-order valence-electron chi connectivity index (χ4n) is 3.32. The standard InChI is InChI=1S/C24H22N6O5S/c1-13-7-8-17(16(9-13)20(31)15-5-3-4-6-19(15)35-2)29-23(34)30-24-27-11-14(36-24)10-25-22-26-12-18(28-22)21(32)33/h3-9,11-12H,10H2,1-2H3,(H,32,33)(H2,25,26,28)(H2,27,29,30,34). The Labute approximate surface area is 209 Å². The molecule has 0 saturated carbocycles. The number of ether oxygens (including phenoxy) is 1. The molecular weight excluding hydrogens is 484 g/mol. The average molecular weight is 507 g/mol. The Balaban J connectivity index is 1.42. The molecule has 5 N–H and O–H groups in total. The van der Waals surface area contributed by atoms with Gasteiger partial charge < -0.3 is 25.5 Å². The van der Waals surface area contributed by atoms with E-state index in [0.717, 1.165) is 10.4 Å². The number of imidazole rings is 1. The first-order valence-electron chi connectivity index (χ1n) is 10.7. The second-order valence-electron chi connectivity index (χ2n) is 7.58. The van der Waals surface area contributed by atoms with Crippen molar-refractivity contribution in [2.75, 3.05) is 23.1 Å². The molecule has 0 spiro atoms. The summed E-state index contributed by atoms with van der Waals surface area (Å²) < 4.78 is 5.32. The number of aromatic nitrogens is 3. The summed E-state index contributed by atoms with van der Waals surface area (Å²) in [6.07, 6.45) is 2.86. The summed E-state index contributed by atoms with van der Waals surface area (Å²) in [6, 6.07) is 11.5. The van der Waals surface area contributed by atoms with Gasteiger partial charge in [-0.3, -0.25) is 10.1 Å². The number of anilines is 3. The van der Waals surface area contributed by atoms with Gasteiger partial charge in [-0.15, -0.1) is 0 Å². The van der Waals surface area contributed by atoms with Crippen molar-refractivity contribution < 1.29 is 24.2 Å². The maximum absolute atomic E-state index is 13.3. The first-order chi connectivity index (χ1) is 17.3. The van der Waals surface area contributed by atoms with Gasteiger partial charge in [0.1, 0.15) is 5.75 Å². The highest BCUT2D eigenvalue weighted by Crippen LogP contribution is 2.27. The summed E-state index contributed by atoms with van der Waals surface area (Å²) in [5.74, 6) is -0.661. The molecule has 0 unspecified atom stereocenters. The molecule has 0 radical (unpaired) electrons. The number of urea groups is 1. The van der Waals surface area contributed by atoms with Crippen LogP contribution in [0, 0.1) is 6.92 Å². The van der Waals surface area contributed by atoms with Crippen molar-refractivity contribution in [3.8, 4) is 5.75 Å².